The smallest absolute Gasteiger partial charge is 0.0345 e. The van der Waals surface area contributed by atoms with Crippen molar-refractivity contribution in [3.63, 3.8) is 0 Å². The number of hydrogen-bond acceptors (Lipinski definition) is 0. The average molecular weight is 266 g/mol. The molecule has 20 heavy (non-hydrogen) atoms. The van der Waals surface area contributed by atoms with E-state index in [1.165, 1.54) is 31.2 Å². The van der Waals surface area contributed by atoms with Crippen LogP contribution in [0.15, 0.2) is 54.6 Å². The third kappa shape index (κ3) is 2.26. The Balaban J connectivity index is 2.09. The summed E-state index contributed by atoms with van der Waals surface area (Å²) in [7, 11) is 0. The lowest BCUT2D eigenvalue weighted by molar-refractivity contribution is 0.0976. The van der Waals surface area contributed by atoms with E-state index >= 15 is 0 Å². The van der Waals surface area contributed by atoms with E-state index in [2.05, 4.69) is 68.5 Å². The topological polar surface area (TPSA) is 0 Å². The van der Waals surface area contributed by atoms with E-state index in [4.69, 9.17) is 0 Å². The zero-order chi connectivity index (χ0) is 14.1. The predicted molar refractivity (Wildman–Crippen MR) is 86.8 cm³/mol. The minimum atomic E-state index is 0.115. The largest absolute Gasteiger partial charge is 0.0835 e. The fraction of sp³-hybridized carbons (Fsp3) is 0.500. The van der Waals surface area contributed by atoms with Gasteiger partial charge in [-0.05, 0) is 36.2 Å². The van der Waals surface area contributed by atoms with Crippen LogP contribution in [0.5, 0.6) is 0 Å². The van der Waals surface area contributed by atoms with Crippen molar-refractivity contribution in [1.29, 1.82) is 0 Å². The molecule has 1 atom stereocenters. The number of benzene rings is 1. The van der Waals surface area contributed by atoms with Gasteiger partial charge in [0.15, 0.2) is 0 Å². The highest BCUT2D eigenvalue weighted by Crippen LogP contribution is 2.53. The van der Waals surface area contributed by atoms with Gasteiger partial charge in [-0.25, -0.2) is 0 Å². The first kappa shape index (κ1) is 13.7. The van der Waals surface area contributed by atoms with Crippen LogP contribution in [0.1, 0.15) is 51.5 Å². The Bertz CT molecular complexity index is 492. The van der Waals surface area contributed by atoms with Gasteiger partial charge in [0.05, 0.1) is 0 Å². The molecule has 0 amide bonds. The summed E-state index contributed by atoms with van der Waals surface area (Å²) in [6, 6.07) is 11.1. The van der Waals surface area contributed by atoms with Gasteiger partial charge in [-0.1, -0.05) is 81.3 Å². The maximum atomic E-state index is 2.49. The summed E-state index contributed by atoms with van der Waals surface area (Å²) in [6.45, 7) is 4.94. The highest BCUT2D eigenvalue weighted by atomic mass is 14.5. The van der Waals surface area contributed by atoms with Crippen molar-refractivity contribution in [3.05, 3.63) is 60.2 Å². The van der Waals surface area contributed by atoms with Crippen molar-refractivity contribution in [2.45, 2.75) is 51.4 Å². The lowest BCUT2D eigenvalue weighted by atomic mass is 9.54. The minimum Gasteiger partial charge on any atom is -0.0835 e. The fourth-order valence-corrected chi connectivity index (χ4v) is 4.39. The normalized spacial score (nSPS) is 27.4. The SMILES string of the molecule is CC1(C)CCCCC1C1(c2ccccc2)C=CCC=C1. The van der Waals surface area contributed by atoms with Gasteiger partial charge in [0.2, 0.25) is 0 Å². The van der Waals surface area contributed by atoms with Crippen molar-refractivity contribution >= 4 is 0 Å². The Kier molecular flexibility index (Phi) is 3.58. The molecular weight excluding hydrogens is 240 g/mol. The Labute approximate surface area is 123 Å². The summed E-state index contributed by atoms with van der Waals surface area (Å²) in [4.78, 5) is 0. The molecule has 2 aliphatic carbocycles. The van der Waals surface area contributed by atoms with Crippen LogP contribution < -0.4 is 0 Å². The average Bonchev–Trinajstić information content (AvgIpc) is 2.48. The highest BCUT2D eigenvalue weighted by molar-refractivity contribution is 5.41. The van der Waals surface area contributed by atoms with E-state index in [9.17, 15) is 0 Å². The van der Waals surface area contributed by atoms with Gasteiger partial charge in [-0.3, -0.25) is 0 Å². The van der Waals surface area contributed by atoms with Crippen LogP contribution in [0.2, 0.25) is 0 Å². The molecule has 1 aromatic carbocycles. The molecule has 0 spiro atoms. The van der Waals surface area contributed by atoms with Crippen molar-refractivity contribution in [2.24, 2.45) is 11.3 Å². The number of rotatable bonds is 2. The Morgan fingerprint density at radius 3 is 2.30 bits per heavy atom. The van der Waals surface area contributed by atoms with Gasteiger partial charge >= 0.3 is 0 Å². The van der Waals surface area contributed by atoms with Gasteiger partial charge in [0.1, 0.15) is 0 Å². The molecule has 1 fully saturated rings. The first-order valence-corrected chi connectivity index (χ1v) is 8.06. The molecule has 1 aromatic rings. The summed E-state index contributed by atoms with van der Waals surface area (Å²) < 4.78 is 0. The summed E-state index contributed by atoms with van der Waals surface area (Å²) in [5.41, 5.74) is 2.00. The third-order valence-corrected chi connectivity index (χ3v) is 5.42. The molecule has 0 aromatic heterocycles. The van der Waals surface area contributed by atoms with Crippen LogP contribution in [0.4, 0.5) is 0 Å². The lowest BCUT2D eigenvalue weighted by Crippen LogP contribution is -2.43. The molecule has 2 aliphatic rings. The van der Waals surface area contributed by atoms with Crippen molar-refractivity contribution in [3.8, 4) is 0 Å². The third-order valence-electron chi connectivity index (χ3n) is 5.42. The minimum absolute atomic E-state index is 0.115. The molecule has 106 valence electrons. The number of allylic oxidation sites excluding steroid dienone is 4. The summed E-state index contributed by atoms with van der Waals surface area (Å²) in [5.74, 6) is 0.707. The zero-order valence-electron chi connectivity index (χ0n) is 12.8. The van der Waals surface area contributed by atoms with E-state index in [1.54, 1.807) is 0 Å². The lowest BCUT2D eigenvalue weighted by Gasteiger charge is -2.49. The second-order valence-electron chi connectivity index (χ2n) is 7.13. The zero-order valence-corrected chi connectivity index (χ0v) is 12.8. The molecule has 0 heterocycles. The molecule has 0 nitrogen and oxygen atoms in total. The van der Waals surface area contributed by atoms with Gasteiger partial charge < -0.3 is 0 Å². The van der Waals surface area contributed by atoms with E-state index < -0.39 is 0 Å². The highest BCUT2D eigenvalue weighted by Gasteiger charge is 2.45. The van der Waals surface area contributed by atoms with Crippen LogP contribution >= 0.6 is 0 Å². The van der Waals surface area contributed by atoms with E-state index in [1.807, 2.05) is 0 Å². The van der Waals surface area contributed by atoms with Crippen LogP contribution in [-0.4, -0.2) is 0 Å². The van der Waals surface area contributed by atoms with E-state index in [0.717, 1.165) is 6.42 Å². The predicted octanol–water partition coefficient (Wildman–Crippen LogP) is 5.66. The van der Waals surface area contributed by atoms with Gasteiger partial charge in [-0.15, -0.1) is 0 Å². The Hall–Kier alpha value is -1.30. The maximum absolute atomic E-state index is 2.49. The Morgan fingerprint density at radius 2 is 1.65 bits per heavy atom. The molecule has 3 rings (SSSR count). The number of hydrogen-bond donors (Lipinski definition) is 0. The second kappa shape index (κ2) is 5.24. The van der Waals surface area contributed by atoms with Crippen LogP contribution in [0.25, 0.3) is 0 Å². The van der Waals surface area contributed by atoms with Gasteiger partial charge in [0, 0.05) is 5.41 Å². The maximum Gasteiger partial charge on any atom is 0.0345 e. The molecular formula is C20H26. The molecule has 1 saturated carbocycles. The quantitative estimate of drug-likeness (QED) is 0.606. The van der Waals surface area contributed by atoms with E-state index in [-0.39, 0.29) is 5.41 Å². The van der Waals surface area contributed by atoms with Crippen molar-refractivity contribution in [2.75, 3.05) is 0 Å². The van der Waals surface area contributed by atoms with Gasteiger partial charge in [-0.2, -0.15) is 0 Å². The van der Waals surface area contributed by atoms with Crippen molar-refractivity contribution in [1.82, 2.24) is 0 Å². The Morgan fingerprint density at radius 1 is 0.950 bits per heavy atom. The fourth-order valence-electron chi connectivity index (χ4n) is 4.39. The molecule has 0 heteroatoms. The molecule has 0 aliphatic heterocycles. The molecule has 0 radical (unpaired) electrons. The summed E-state index contributed by atoms with van der Waals surface area (Å²) in [5, 5.41) is 0. The first-order chi connectivity index (χ1) is 9.65. The first-order valence-electron chi connectivity index (χ1n) is 8.06. The molecule has 0 N–H and O–H groups in total. The van der Waals surface area contributed by atoms with E-state index in [0.29, 0.717) is 11.3 Å². The van der Waals surface area contributed by atoms with Crippen LogP contribution in [-0.2, 0) is 5.41 Å². The second-order valence-corrected chi connectivity index (χ2v) is 7.13. The monoisotopic (exact) mass is 266 g/mol. The van der Waals surface area contributed by atoms with Crippen LogP contribution in [0, 0.1) is 11.3 Å². The molecule has 0 saturated heterocycles. The van der Waals surface area contributed by atoms with Crippen molar-refractivity contribution < 1.29 is 0 Å². The molecule has 0 bridgehead atoms. The standard InChI is InChI=1S/C20H26/c1-19(2)14-10-7-13-18(19)20(15-8-4-9-16-20)17-11-5-3-6-12-17/h3,5-6,8-9,11-12,15-16,18H,4,7,10,13-14H2,1-2H3. The van der Waals surface area contributed by atoms with Gasteiger partial charge in [0.25, 0.3) is 0 Å². The summed E-state index contributed by atoms with van der Waals surface area (Å²) in [6.07, 6.45) is 16.2. The summed E-state index contributed by atoms with van der Waals surface area (Å²) >= 11 is 0. The molecule has 1 unspecified atom stereocenters. The van der Waals surface area contributed by atoms with Crippen LogP contribution in [0.3, 0.4) is 0 Å².